The molecule has 0 bridgehead atoms. The molecule has 0 amide bonds. The van der Waals surface area contributed by atoms with Gasteiger partial charge in [0.1, 0.15) is 0 Å². The predicted octanol–water partition coefficient (Wildman–Crippen LogP) is 1.98. The molecule has 0 saturated heterocycles. The van der Waals surface area contributed by atoms with Crippen LogP contribution in [0.3, 0.4) is 0 Å². The number of nitrogens with two attached hydrogens (primary N) is 1. The summed E-state index contributed by atoms with van der Waals surface area (Å²) in [4.78, 5) is 4.24. The van der Waals surface area contributed by atoms with Crippen LogP contribution >= 0.6 is 11.8 Å². The summed E-state index contributed by atoms with van der Waals surface area (Å²) in [6, 6.07) is -0.179. The topological polar surface area (TPSA) is 64.9 Å². The van der Waals surface area contributed by atoms with Crippen LogP contribution in [-0.2, 0) is 5.75 Å². The Morgan fingerprint density at radius 2 is 2.14 bits per heavy atom. The number of hydrogen-bond acceptors (Lipinski definition) is 5. The number of aromatic nitrogens is 2. The Labute approximate surface area is 88.6 Å². The molecule has 1 unspecified atom stereocenters. The lowest BCUT2D eigenvalue weighted by molar-refractivity contribution is 0.301. The third-order valence-corrected chi connectivity index (χ3v) is 2.50. The summed E-state index contributed by atoms with van der Waals surface area (Å²) in [5.41, 5.74) is 5.95. The number of rotatable bonds is 3. The Balaban J connectivity index is 2.76. The molecule has 80 valence electrons. The number of nitrogens with zero attached hydrogens (tertiary/aromatic N) is 2. The van der Waals surface area contributed by atoms with Gasteiger partial charge >= 0.3 is 0 Å². The van der Waals surface area contributed by atoms with Gasteiger partial charge in [-0.15, -0.1) is 0 Å². The highest BCUT2D eigenvalue weighted by molar-refractivity contribution is 7.97. The fourth-order valence-corrected chi connectivity index (χ4v) is 1.33. The second-order valence-corrected chi connectivity index (χ2v) is 5.19. The van der Waals surface area contributed by atoms with Gasteiger partial charge in [-0.25, -0.2) is 0 Å². The van der Waals surface area contributed by atoms with Crippen LogP contribution in [0.15, 0.2) is 4.52 Å². The first-order valence-electron chi connectivity index (χ1n) is 4.52. The van der Waals surface area contributed by atoms with Gasteiger partial charge in [0.15, 0.2) is 5.82 Å². The van der Waals surface area contributed by atoms with Crippen LogP contribution in [-0.4, -0.2) is 16.4 Å². The average Bonchev–Trinajstić information content (AvgIpc) is 2.50. The predicted molar refractivity (Wildman–Crippen MR) is 57.9 cm³/mol. The van der Waals surface area contributed by atoms with E-state index < -0.39 is 0 Å². The third kappa shape index (κ3) is 2.72. The summed E-state index contributed by atoms with van der Waals surface area (Å²) in [6.07, 6.45) is 1.99. The van der Waals surface area contributed by atoms with E-state index in [9.17, 15) is 0 Å². The first-order chi connectivity index (χ1) is 6.45. The van der Waals surface area contributed by atoms with Crippen molar-refractivity contribution in [3.8, 4) is 0 Å². The van der Waals surface area contributed by atoms with E-state index in [4.69, 9.17) is 10.3 Å². The van der Waals surface area contributed by atoms with E-state index in [0.717, 1.165) is 5.75 Å². The van der Waals surface area contributed by atoms with E-state index in [0.29, 0.717) is 11.7 Å². The fourth-order valence-electron chi connectivity index (χ4n) is 0.964. The molecule has 0 fully saturated rings. The highest BCUT2D eigenvalue weighted by Gasteiger charge is 2.26. The Bertz CT molecular complexity index is 292. The van der Waals surface area contributed by atoms with Gasteiger partial charge in [-0.3, -0.25) is 0 Å². The molecular formula is C9H17N3OS. The molecule has 0 aliphatic heterocycles. The molecule has 1 aromatic rings. The summed E-state index contributed by atoms with van der Waals surface area (Å²) < 4.78 is 5.06. The zero-order valence-electron chi connectivity index (χ0n) is 9.07. The Morgan fingerprint density at radius 3 is 2.64 bits per heavy atom. The summed E-state index contributed by atoms with van der Waals surface area (Å²) in [5.74, 6) is 1.98. The van der Waals surface area contributed by atoms with Crippen molar-refractivity contribution in [2.45, 2.75) is 32.6 Å². The van der Waals surface area contributed by atoms with Gasteiger partial charge < -0.3 is 10.3 Å². The van der Waals surface area contributed by atoms with Crippen LogP contribution in [0.4, 0.5) is 0 Å². The second kappa shape index (κ2) is 4.31. The highest BCUT2D eigenvalue weighted by Crippen LogP contribution is 2.28. The monoisotopic (exact) mass is 215 g/mol. The molecule has 0 aliphatic carbocycles. The van der Waals surface area contributed by atoms with E-state index in [2.05, 4.69) is 30.9 Å². The maximum Gasteiger partial charge on any atom is 0.236 e. The van der Waals surface area contributed by atoms with E-state index in [1.807, 2.05) is 6.26 Å². The average molecular weight is 215 g/mol. The normalized spacial score (nSPS) is 14.4. The van der Waals surface area contributed by atoms with Crippen molar-refractivity contribution in [3.63, 3.8) is 0 Å². The molecular weight excluding hydrogens is 198 g/mol. The first-order valence-corrected chi connectivity index (χ1v) is 5.91. The van der Waals surface area contributed by atoms with Gasteiger partial charge in [0.2, 0.25) is 5.89 Å². The van der Waals surface area contributed by atoms with Gasteiger partial charge in [-0.05, 0) is 11.7 Å². The minimum Gasteiger partial charge on any atom is -0.338 e. The summed E-state index contributed by atoms with van der Waals surface area (Å²) in [5, 5.41) is 3.88. The maximum absolute atomic E-state index is 5.99. The lowest BCUT2D eigenvalue weighted by Crippen LogP contribution is -2.27. The molecule has 5 heteroatoms. The van der Waals surface area contributed by atoms with Crippen LogP contribution in [0.2, 0.25) is 0 Å². The van der Waals surface area contributed by atoms with Gasteiger partial charge in [-0.2, -0.15) is 16.7 Å². The van der Waals surface area contributed by atoms with Crippen molar-refractivity contribution in [3.05, 3.63) is 11.7 Å². The van der Waals surface area contributed by atoms with Crippen molar-refractivity contribution in [1.82, 2.24) is 10.1 Å². The van der Waals surface area contributed by atoms with Gasteiger partial charge in [-0.1, -0.05) is 25.9 Å². The molecule has 0 saturated carbocycles. The van der Waals surface area contributed by atoms with E-state index in [-0.39, 0.29) is 11.5 Å². The van der Waals surface area contributed by atoms with Gasteiger partial charge in [0.05, 0.1) is 11.8 Å². The lowest BCUT2D eigenvalue weighted by atomic mass is 9.87. The molecule has 14 heavy (non-hydrogen) atoms. The van der Waals surface area contributed by atoms with Crippen LogP contribution in [0, 0.1) is 5.41 Å². The molecule has 1 aromatic heterocycles. The first kappa shape index (κ1) is 11.5. The smallest absolute Gasteiger partial charge is 0.236 e. The van der Waals surface area contributed by atoms with E-state index in [1.165, 1.54) is 0 Å². The standard InChI is InChI=1S/C9H17N3OS/c1-9(2,3)7(10)8-11-6(5-14-4)13-12-8/h7H,5,10H2,1-4H3. The van der Waals surface area contributed by atoms with Crippen LogP contribution in [0.25, 0.3) is 0 Å². The zero-order chi connectivity index (χ0) is 10.8. The Morgan fingerprint density at radius 1 is 1.50 bits per heavy atom. The molecule has 1 heterocycles. The van der Waals surface area contributed by atoms with E-state index in [1.54, 1.807) is 11.8 Å². The van der Waals surface area contributed by atoms with Crippen LogP contribution < -0.4 is 5.73 Å². The van der Waals surface area contributed by atoms with Crippen LogP contribution in [0.5, 0.6) is 0 Å². The van der Waals surface area contributed by atoms with Gasteiger partial charge in [0.25, 0.3) is 0 Å². The molecule has 2 N–H and O–H groups in total. The highest BCUT2D eigenvalue weighted by atomic mass is 32.2. The fraction of sp³-hybridized carbons (Fsp3) is 0.778. The second-order valence-electron chi connectivity index (χ2n) is 4.32. The molecule has 1 atom stereocenters. The Kier molecular flexibility index (Phi) is 3.55. The molecule has 0 aromatic carbocycles. The largest absolute Gasteiger partial charge is 0.338 e. The molecule has 1 rings (SSSR count). The maximum atomic E-state index is 5.99. The van der Waals surface area contributed by atoms with Crippen molar-refractivity contribution in [2.24, 2.45) is 11.1 Å². The van der Waals surface area contributed by atoms with E-state index >= 15 is 0 Å². The minimum absolute atomic E-state index is 0.0412. The number of hydrogen-bond donors (Lipinski definition) is 1. The van der Waals surface area contributed by atoms with Crippen molar-refractivity contribution in [2.75, 3.05) is 6.26 Å². The summed E-state index contributed by atoms with van der Waals surface area (Å²) in [6.45, 7) is 6.17. The molecule has 0 radical (unpaired) electrons. The van der Waals surface area contributed by atoms with Crippen molar-refractivity contribution >= 4 is 11.8 Å². The molecule has 0 aliphatic rings. The van der Waals surface area contributed by atoms with Crippen molar-refractivity contribution < 1.29 is 4.52 Å². The Hall–Kier alpha value is -0.550. The van der Waals surface area contributed by atoms with Gasteiger partial charge in [0, 0.05) is 0 Å². The van der Waals surface area contributed by atoms with Crippen LogP contribution in [0.1, 0.15) is 38.5 Å². The summed E-state index contributed by atoms with van der Waals surface area (Å²) >= 11 is 1.65. The lowest BCUT2D eigenvalue weighted by Gasteiger charge is -2.23. The third-order valence-electron chi connectivity index (χ3n) is 1.96. The molecule has 0 spiro atoms. The van der Waals surface area contributed by atoms with Crippen molar-refractivity contribution in [1.29, 1.82) is 0 Å². The zero-order valence-corrected chi connectivity index (χ0v) is 9.89. The minimum atomic E-state index is -0.179. The quantitative estimate of drug-likeness (QED) is 0.835. The summed E-state index contributed by atoms with van der Waals surface area (Å²) in [7, 11) is 0. The number of thioether (sulfide) groups is 1. The SMILES string of the molecule is CSCc1nc(C(N)C(C)(C)C)no1. The molecule has 4 nitrogen and oxygen atoms in total.